The average molecular weight is 486 g/mol. The van der Waals surface area contributed by atoms with Crippen LogP contribution in [0.5, 0.6) is 0 Å². The zero-order chi connectivity index (χ0) is 24.2. The monoisotopic (exact) mass is 485 g/mol. The van der Waals surface area contributed by atoms with Crippen LogP contribution in [0.4, 0.5) is 0 Å². The van der Waals surface area contributed by atoms with Crippen molar-refractivity contribution in [1.82, 2.24) is 33.3 Å². The standard InChI is InChI=1S/C24H19N7O3S/c1-29-14-16(12-27-29)20-9-10-22-26-13-21(31(22)28-20)23(32)19-15-30(24-18(19)8-5-11-25-24)35(33,34)17-6-3-2-4-7-17/h2-15,23,32H,1H3. The Morgan fingerprint density at radius 3 is 2.54 bits per heavy atom. The number of aliphatic hydroxyl groups excluding tert-OH is 1. The van der Waals surface area contributed by atoms with Crippen LogP contribution >= 0.6 is 0 Å². The Kier molecular flexibility index (Phi) is 4.76. The molecule has 1 atom stereocenters. The lowest BCUT2D eigenvalue weighted by Crippen LogP contribution is -2.12. The van der Waals surface area contributed by atoms with Gasteiger partial charge >= 0.3 is 0 Å². The molecule has 0 radical (unpaired) electrons. The molecule has 6 aromatic rings. The number of nitrogens with zero attached hydrogens (tertiary/aromatic N) is 7. The normalized spacial score (nSPS) is 13.0. The molecule has 0 fully saturated rings. The van der Waals surface area contributed by atoms with Crippen molar-refractivity contribution in [3.63, 3.8) is 0 Å². The average Bonchev–Trinajstić information content (AvgIpc) is 3.60. The molecule has 10 nitrogen and oxygen atoms in total. The van der Waals surface area contributed by atoms with E-state index in [0.29, 0.717) is 28.0 Å². The molecule has 1 N–H and O–H groups in total. The van der Waals surface area contributed by atoms with Crippen molar-refractivity contribution in [2.75, 3.05) is 0 Å². The van der Waals surface area contributed by atoms with Gasteiger partial charge in [0.05, 0.1) is 28.7 Å². The first-order valence-electron chi connectivity index (χ1n) is 10.7. The lowest BCUT2D eigenvalue weighted by Gasteiger charge is -2.10. The molecule has 1 aromatic carbocycles. The molecule has 5 heterocycles. The quantitative estimate of drug-likeness (QED) is 0.399. The van der Waals surface area contributed by atoms with Gasteiger partial charge in [-0.1, -0.05) is 18.2 Å². The lowest BCUT2D eigenvalue weighted by molar-refractivity contribution is 0.214. The van der Waals surface area contributed by atoms with Crippen LogP contribution in [0.15, 0.2) is 90.5 Å². The number of imidazole rings is 1. The largest absolute Gasteiger partial charge is 0.382 e. The molecule has 1 unspecified atom stereocenters. The van der Waals surface area contributed by atoms with Crippen LogP contribution in [0.3, 0.4) is 0 Å². The first-order chi connectivity index (χ1) is 16.9. The molecular weight excluding hydrogens is 466 g/mol. The van der Waals surface area contributed by atoms with E-state index in [1.165, 1.54) is 30.7 Å². The highest BCUT2D eigenvalue weighted by molar-refractivity contribution is 7.90. The highest BCUT2D eigenvalue weighted by Crippen LogP contribution is 2.32. The van der Waals surface area contributed by atoms with E-state index < -0.39 is 16.1 Å². The predicted molar refractivity (Wildman–Crippen MR) is 128 cm³/mol. The summed E-state index contributed by atoms with van der Waals surface area (Å²) in [5.74, 6) is 0. The van der Waals surface area contributed by atoms with Crippen LogP contribution in [0.25, 0.3) is 27.9 Å². The van der Waals surface area contributed by atoms with E-state index in [9.17, 15) is 13.5 Å². The minimum atomic E-state index is -3.93. The van der Waals surface area contributed by atoms with E-state index in [2.05, 4.69) is 20.2 Å². The molecule has 5 aromatic heterocycles. The third-order valence-corrected chi connectivity index (χ3v) is 7.49. The van der Waals surface area contributed by atoms with Gasteiger partial charge in [-0.2, -0.15) is 10.2 Å². The number of fused-ring (bicyclic) bond motifs is 2. The van der Waals surface area contributed by atoms with Gasteiger partial charge in [-0.3, -0.25) is 4.68 Å². The summed E-state index contributed by atoms with van der Waals surface area (Å²) >= 11 is 0. The topological polar surface area (TPSA) is 120 Å². The fourth-order valence-corrected chi connectivity index (χ4v) is 5.46. The smallest absolute Gasteiger partial charge is 0.269 e. The van der Waals surface area contributed by atoms with Crippen molar-refractivity contribution in [3.05, 3.63) is 96.8 Å². The molecule has 0 amide bonds. The van der Waals surface area contributed by atoms with Crippen molar-refractivity contribution in [2.24, 2.45) is 7.05 Å². The fraction of sp³-hybridized carbons (Fsp3) is 0.0833. The third kappa shape index (κ3) is 3.40. The number of pyridine rings is 1. The Bertz CT molecular complexity index is 1800. The molecule has 0 aliphatic rings. The summed E-state index contributed by atoms with van der Waals surface area (Å²) in [6.07, 6.45) is 6.80. The SMILES string of the molecule is Cn1cc(-c2ccc3ncc(C(O)c4cn(S(=O)(=O)c5ccccc5)c5ncccc45)n3n2)cn1. The highest BCUT2D eigenvalue weighted by Gasteiger charge is 2.27. The third-order valence-electron chi connectivity index (χ3n) is 5.83. The van der Waals surface area contributed by atoms with Crippen molar-refractivity contribution >= 4 is 26.7 Å². The van der Waals surface area contributed by atoms with Crippen LogP contribution in [-0.4, -0.2) is 46.9 Å². The van der Waals surface area contributed by atoms with E-state index in [1.54, 1.807) is 51.8 Å². The van der Waals surface area contributed by atoms with Crippen LogP contribution in [0, 0.1) is 0 Å². The van der Waals surface area contributed by atoms with E-state index in [0.717, 1.165) is 9.54 Å². The Morgan fingerprint density at radius 2 is 1.77 bits per heavy atom. The summed E-state index contributed by atoms with van der Waals surface area (Å²) in [5, 5.41) is 20.8. The molecule has 35 heavy (non-hydrogen) atoms. The Hall–Kier alpha value is -4.35. The van der Waals surface area contributed by atoms with E-state index in [1.807, 2.05) is 19.3 Å². The fourth-order valence-electron chi connectivity index (χ4n) is 4.11. The summed E-state index contributed by atoms with van der Waals surface area (Å²) in [6, 6.07) is 15.2. The van der Waals surface area contributed by atoms with Gasteiger partial charge in [-0.15, -0.1) is 0 Å². The maximum Gasteiger partial charge on any atom is 0.269 e. The van der Waals surface area contributed by atoms with Crippen LogP contribution < -0.4 is 0 Å². The van der Waals surface area contributed by atoms with E-state index in [-0.39, 0.29) is 10.5 Å². The number of hydrogen-bond acceptors (Lipinski definition) is 7. The molecule has 0 saturated heterocycles. The van der Waals surface area contributed by atoms with Gasteiger partial charge in [0.15, 0.2) is 11.3 Å². The summed E-state index contributed by atoms with van der Waals surface area (Å²) in [6.45, 7) is 0. The van der Waals surface area contributed by atoms with Crippen molar-refractivity contribution in [3.8, 4) is 11.3 Å². The van der Waals surface area contributed by atoms with Gasteiger partial charge in [0, 0.05) is 42.2 Å². The summed E-state index contributed by atoms with van der Waals surface area (Å²) in [5.41, 5.74) is 3.02. The second-order valence-corrected chi connectivity index (χ2v) is 9.86. The molecule has 0 aliphatic heterocycles. The Morgan fingerprint density at radius 1 is 0.943 bits per heavy atom. The van der Waals surface area contributed by atoms with Gasteiger partial charge < -0.3 is 5.11 Å². The Labute approximate surface area is 199 Å². The van der Waals surface area contributed by atoms with Crippen molar-refractivity contribution in [2.45, 2.75) is 11.0 Å². The van der Waals surface area contributed by atoms with Crippen molar-refractivity contribution < 1.29 is 13.5 Å². The van der Waals surface area contributed by atoms with Gasteiger partial charge in [-0.05, 0) is 36.4 Å². The molecule has 0 saturated carbocycles. The van der Waals surface area contributed by atoms with Crippen molar-refractivity contribution in [1.29, 1.82) is 0 Å². The summed E-state index contributed by atoms with van der Waals surface area (Å²) in [7, 11) is -2.11. The number of aryl methyl sites for hydroxylation is 1. The van der Waals surface area contributed by atoms with Gasteiger partial charge in [-0.25, -0.2) is 26.9 Å². The Balaban J connectivity index is 1.50. The number of benzene rings is 1. The highest BCUT2D eigenvalue weighted by atomic mass is 32.2. The zero-order valence-corrected chi connectivity index (χ0v) is 19.3. The molecule has 0 spiro atoms. The second-order valence-electron chi connectivity index (χ2n) is 8.05. The molecule has 0 aliphatic carbocycles. The lowest BCUT2D eigenvalue weighted by atomic mass is 10.1. The maximum atomic E-state index is 13.4. The molecular formula is C24H19N7O3S. The minimum absolute atomic E-state index is 0.126. The number of aromatic nitrogens is 7. The summed E-state index contributed by atoms with van der Waals surface area (Å²) in [4.78, 5) is 8.79. The van der Waals surface area contributed by atoms with E-state index >= 15 is 0 Å². The number of aliphatic hydroxyl groups is 1. The molecule has 11 heteroatoms. The first kappa shape index (κ1) is 21.2. The summed E-state index contributed by atoms with van der Waals surface area (Å²) < 4.78 is 31.1. The minimum Gasteiger partial charge on any atom is -0.382 e. The van der Waals surface area contributed by atoms with Crippen LogP contribution in [0.2, 0.25) is 0 Å². The molecule has 174 valence electrons. The van der Waals surface area contributed by atoms with Crippen LogP contribution in [-0.2, 0) is 17.1 Å². The zero-order valence-electron chi connectivity index (χ0n) is 18.5. The maximum absolute atomic E-state index is 13.4. The second kappa shape index (κ2) is 7.86. The first-order valence-corrected chi connectivity index (χ1v) is 12.2. The van der Waals surface area contributed by atoms with Gasteiger partial charge in [0.1, 0.15) is 6.10 Å². The predicted octanol–water partition coefficient (Wildman–Crippen LogP) is 2.80. The number of hydrogen-bond donors (Lipinski definition) is 1. The van der Waals surface area contributed by atoms with Gasteiger partial charge in [0.2, 0.25) is 0 Å². The number of rotatable bonds is 5. The van der Waals surface area contributed by atoms with Gasteiger partial charge in [0.25, 0.3) is 10.0 Å². The molecule has 0 bridgehead atoms. The van der Waals surface area contributed by atoms with E-state index in [4.69, 9.17) is 0 Å². The van der Waals surface area contributed by atoms with Crippen LogP contribution in [0.1, 0.15) is 17.4 Å². The molecule has 6 rings (SSSR count).